The molecule has 3 nitrogen and oxygen atoms in total. The number of benzene rings is 1. The molecule has 80 valence electrons. The maximum Gasteiger partial charge on any atom is 0.259 e. The van der Waals surface area contributed by atoms with Crippen LogP contribution in [0.1, 0.15) is 10.4 Å². The van der Waals surface area contributed by atoms with E-state index in [2.05, 4.69) is 5.32 Å². The molecule has 0 spiro atoms. The standard InChI is InChI=1S/C10H9Cl2NO2/c1-15-8-5-3-2-4-7(8)10(14)13-6-9(11)12/h2-6H,1H3,(H,13,14). The Morgan fingerprint density at radius 1 is 1.40 bits per heavy atom. The zero-order valence-corrected chi connectivity index (χ0v) is 9.47. The van der Waals surface area contributed by atoms with E-state index in [1.807, 2.05) is 0 Å². The fraction of sp³-hybridized carbons (Fsp3) is 0.100. The summed E-state index contributed by atoms with van der Waals surface area (Å²) in [5.41, 5.74) is 0.422. The SMILES string of the molecule is COc1ccccc1C(=O)NC=C(Cl)Cl. The zero-order valence-electron chi connectivity index (χ0n) is 7.96. The Morgan fingerprint density at radius 2 is 2.07 bits per heavy atom. The molecule has 1 N–H and O–H groups in total. The molecule has 1 aromatic rings. The van der Waals surface area contributed by atoms with Gasteiger partial charge in [-0.3, -0.25) is 4.79 Å². The van der Waals surface area contributed by atoms with Gasteiger partial charge in [-0.25, -0.2) is 0 Å². The summed E-state index contributed by atoms with van der Waals surface area (Å²) in [7, 11) is 1.50. The number of nitrogens with one attached hydrogen (secondary N) is 1. The van der Waals surface area contributed by atoms with Gasteiger partial charge in [-0.05, 0) is 12.1 Å². The first kappa shape index (κ1) is 11.9. The maximum atomic E-state index is 11.6. The molecule has 5 heteroatoms. The second-order valence-corrected chi connectivity index (χ2v) is 3.62. The van der Waals surface area contributed by atoms with Gasteiger partial charge in [0, 0.05) is 6.20 Å². The zero-order chi connectivity index (χ0) is 11.3. The van der Waals surface area contributed by atoms with E-state index in [1.165, 1.54) is 13.3 Å². The largest absolute Gasteiger partial charge is 0.496 e. The molecule has 0 atom stereocenters. The van der Waals surface area contributed by atoms with E-state index in [0.29, 0.717) is 11.3 Å². The van der Waals surface area contributed by atoms with Gasteiger partial charge in [-0.1, -0.05) is 35.3 Å². The number of hydrogen-bond acceptors (Lipinski definition) is 2. The first-order valence-electron chi connectivity index (χ1n) is 4.10. The Hall–Kier alpha value is -1.19. The predicted molar refractivity (Wildman–Crippen MR) is 60.2 cm³/mol. The summed E-state index contributed by atoms with van der Waals surface area (Å²) in [6, 6.07) is 6.86. The van der Waals surface area contributed by atoms with E-state index in [-0.39, 0.29) is 10.4 Å². The molecule has 0 aliphatic carbocycles. The lowest BCUT2D eigenvalue weighted by Crippen LogP contribution is -2.17. The van der Waals surface area contributed by atoms with Crippen LogP contribution >= 0.6 is 23.2 Å². The Labute approximate surface area is 97.6 Å². The van der Waals surface area contributed by atoms with Gasteiger partial charge in [0.1, 0.15) is 10.2 Å². The van der Waals surface area contributed by atoms with E-state index in [0.717, 1.165) is 0 Å². The Kier molecular flexibility index (Phi) is 4.46. The van der Waals surface area contributed by atoms with Crippen molar-refractivity contribution in [1.29, 1.82) is 0 Å². The number of rotatable bonds is 3. The lowest BCUT2D eigenvalue weighted by Gasteiger charge is -2.06. The number of para-hydroxylation sites is 1. The number of amides is 1. The van der Waals surface area contributed by atoms with Gasteiger partial charge in [-0.2, -0.15) is 0 Å². The van der Waals surface area contributed by atoms with Crippen molar-refractivity contribution in [2.24, 2.45) is 0 Å². The van der Waals surface area contributed by atoms with E-state index < -0.39 is 0 Å². The summed E-state index contributed by atoms with van der Waals surface area (Å²) in [5, 5.41) is 2.43. The molecule has 0 unspecified atom stereocenters. The fourth-order valence-electron chi connectivity index (χ4n) is 1.03. The third-order valence-electron chi connectivity index (χ3n) is 1.66. The highest BCUT2D eigenvalue weighted by Crippen LogP contribution is 2.17. The van der Waals surface area contributed by atoms with Crippen molar-refractivity contribution in [3.8, 4) is 5.75 Å². The molecular weight excluding hydrogens is 237 g/mol. The van der Waals surface area contributed by atoms with Crippen molar-refractivity contribution in [2.45, 2.75) is 0 Å². The van der Waals surface area contributed by atoms with Gasteiger partial charge >= 0.3 is 0 Å². The molecule has 0 heterocycles. The van der Waals surface area contributed by atoms with Crippen molar-refractivity contribution >= 4 is 29.1 Å². The number of halogens is 2. The number of carbonyl (C=O) groups excluding carboxylic acids is 1. The van der Waals surface area contributed by atoms with Crippen molar-refractivity contribution in [1.82, 2.24) is 5.32 Å². The van der Waals surface area contributed by atoms with Crippen LogP contribution in [0.15, 0.2) is 35.0 Å². The van der Waals surface area contributed by atoms with E-state index in [4.69, 9.17) is 27.9 Å². The molecule has 0 aromatic heterocycles. The highest BCUT2D eigenvalue weighted by molar-refractivity contribution is 6.55. The predicted octanol–water partition coefficient (Wildman–Crippen LogP) is 2.70. The van der Waals surface area contributed by atoms with E-state index in [9.17, 15) is 4.79 Å². The lowest BCUT2D eigenvalue weighted by molar-refractivity contribution is 0.0967. The number of ether oxygens (including phenoxy) is 1. The van der Waals surface area contributed by atoms with Crippen molar-refractivity contribution in [3.05, 3.63) is 40.5 Å². The average Bonchev–Trinajstić information content (AvgIpc) is 2.25. The smallest absolute Gasteiger partial charge is 0.259 e. The molecule has 0 bridgehead atoms. The summed E-state index contributed by atoms with van der Waals surface area (Å²) in [4.78, 5) is 11.6. The van der Waals surface area contributed by atoms with E-state index in [1.54, 1.807) is 24.3 Å². The molecule has 1 aromatic carbocycles. The molecule has 15 heavy (non-hydrogen) atoms. The van der Waals surface area contributed by atoms with Crippen LogP contribution < -0.4 is 10.1 Å². The molecule has 0 fully saturated rings. The van der Waals surface area contributed by atoms with Crippen molar-refractivity contribution < 1.29 is 9.53 Å². The topological polar surface area (TPSA) is 38.3 Å². The van der Waals surface area contributed by atoms with Gasteiger partial charge in [-0.15, -0.1) is 0 Å². The van der Waals surface area contributed by atoms with Crippen LogP contribution in [0, 0.1) is 0 Å². The number of methoxy groups -OCH3 is 1. The summed E-state index contributed by atoms with van der Waals surface area (Å²) >= 11 is 10.7. The third-order valence-corrected chi connectivity index (χ3v) is 1.88. The summed E-state index contributed by atoms with van der Waals surface area (Å²) in [5.74, 6) is 0.167. The highest BCUT2D eigenvalue weighted by Gasteiger charge is 2.09. The first-order chi connectivity index (χ1) is 7.15. The second-order valence-electron chi connectivity index (χ2n) is 2.61. The maximum absolute atomic E-state index is 11.6. The van der Waals surface area contributed by atoms with Gasteiger partial charge < -0.3 is 10.1 Å². The molecule has 0 saturated heterocycles. The molecule has 0 saturated carbocycles. The minimum atomic E-state index is -0.328. The molecule has 1 amide bonds. The summed E-state index contributed by atoms with van der Waals surface area (Å²) in [6.07, 6.45) is 1.21. The van der Waals surface area contributed by atoms with Crippen LogP contribution in [0.3, 0.4) is 0 Å². The monoisotopic (exact) mass is 245 g/mol. The second kappa shape index (κ2) is 5.63. The van der Waals surface area contributed by atoms with Crippen LogP contribution in [0.25, 0.3) is 0 Å². The average molecular weight is 246 g/mol. The van der Waals surface area contributed by atoms with Crippen LogP contribution in [0.5, 0.6) is 5.75 Å². The van der Waals surface area contributed by atoms with Gasteiger partial charge in [0.2, 0.25) is 0 Å². The van der Waals surface area contributed by atoms with Crippen molar-refractivity contribution in [3.63, 3.8) is 0 Å². The summed E-state index contributed by atoms with van der Waals surface area (Å²) in [6.45, 7) is 0. The molecule has 0 radical (unpaired) electrons. The minimum Gasteiger partial charge on any atom is -0.496 e. The van der Waals surface area contributed by atoms with Crippen LogP contribution in [0.4, 0.5) is 0 Å². The molecule has 1 rings (SSSR count). The Balaban J connectivity index is 2.86. The summed E-state index contributed by atoms with van der Waals surface area (Å²) < 4.78 is 5.01. The van der Waals surface area contributed by atoms with Crippen LogP contribution in [0.2, 0.25) is 0 Å². The Morgan fingerprint density at radius 3 is 2.67 bits per heavy atom. The number of carbonyl (C=O) groups is 1. The van der Waals surface area contributed by atoms with Gasteiger partial charge in [0.05, 0.1) is 12.7 Å². The van der Waals surface area contributed by atoms with E-state index >= 15 is 0 Å². The minimum absolute atomic E-state index is 0.0155. The fourth-order valence-corrected chi connectivity index (χ4v) is 1.14. The third kappa shape index (κ3) is 3.46. The Bertz CT molecular complexity index is 387. The van der Waals surface area contributed by atoms with Gasteiger partial charge in [0.15, 0.2) is 0 Å². The van der Waals surface area contributed by atoms with Gasteiger partial charge in [0.25, 0.3) is 5.91 Å². The molecule has 0 aliphatic rings. The quantitative estimate of drug-likeness (QED) is 0.890. The normalized spacial score (nSPS) is 9.27. The lowest BCUT2D eigenvalue weighted by atomic mass is 10.2. The van der Waals surface area contributed by atoms with Crippen LogP contribution in [-0.2, 0) is 0 Å². The molecular formula is C10H9Cl2NO2. The highest BCUT2D eigenvalue weighted by atomic mass is 35.5. The molecule has 0 aliphatic heterocycles. The van der Waals surface area contributed by atoms with Crippen molar-refractivity contribution in [2.75, 3.05) is 7.11 Å². The number of hydrogen-bond donors (Lipinski definition) is 1. The first-order valence-corrected chi connectivity index (χ1v) is 4.86. The van der Waals surface area contributed by atoms with Crippen LogP contribution in [-0.4, -0.2) is 13.0 Å².